The van der Waals surface area contributed by atoms with Gasteiger partial charge in [0.2, 0.25) is 0 Å². The molecule has 0 spiro atoms. The topological polar surface area (TPSA) is 66.8 Å². The summed E-state index contributed by atoms with van der Waals surface area (Å²) in [6, 6.07) is 4.92. The molecule has 0 heterocycles. The van der Waals surface area contributed by atoms with Crippen molar-refractivity contribution in [3.8, 4) is 11.5 Å². The number of benzene rings is 1. The van der Waals surface area contributed by atoms with Crippen molar-refractivity contribution in [1.82, 2.24) is 0 Å². The largest absolute Gasteiger partial charge is 0.508 e. The summed E-state index contributed by atoms with van der Waals surface area (Å²) in [5, 5.41) is 18.7. The molecule has 1 unspecified atom stereocenters. The second-order valence-electron chi connectivity index (χ2n) is 3.86. The molecule has 0 aliphatic carbocycles. The quantitative estimate of drug-likeness (QED) is 0.799. The van der Waals surface area contributed by atoms with Crippen molar-refractivity contribution < 1.29 is 19.7 Å². The highest BCUT2D eigenvalue weighted by Gasteiger charge is 2.19. The van der Waals surface area contributed by atoms with Crippen molar-refractivity contribution in [2.75, 3.05) is 0 Å². The van der Waals surface area contributed by atoms with Crippen molar-refractivity contribution in [2.24, 2.45) is 0 Å². The lowest BCUT2D eigenvalue weighted by atomic mass is 10.1. The van der Waals surface area contributed by atoms with E-state index in [1.54, 1.807) is 25.1 Å². The zero-order valence-corrected chi connectivity index (χ0v) is 10.1. The predicted molar refractivity (Wildman–Crippen MR) is 64.4 cm³/mol. The number of phenolic OH excluding ortho intramolecular Hbond substituents is 1. The van der Waals surface area contributed by atoms with Gasteiger partial charge in [0, 0.05) is 5.56 Å². The minimum Gasteiger partial charge on any atom is -0.508 e. The number of carboxylic acids is 1. The van der Waals surface area contributed by atoms with E-state index in [9.17, 15) is 9.90 Å². The Balaban J connectivity index is 2.96. The SMILES string of the molecule is CCCc1c(O)cccc1OC(CC)C(=O)O. The average Bonchev–Trinajstić information content (AvgIpc) is 2.29. The molecular formula is C13H18O4. The zero-order valence-electron chi connectivity index (χ0n) is 10.1. The van der Waals surface area contributed by atoms with Gasteiger partial charge in [-0.2, -0.15) is 0 Å². The van der Waals surface area contributed by atoms with Crippen LogP contribution in [0.2, 0.25) is 0 Å². The van der Waals surface area contributed by atoms with E-state index < -0.39 is 12.1 Å². The summed E-state index contributed by atoms with van der Waals surface area (Å²) in [6.07, 6.45) is 1.04. The van der Waals surface area contributed by atoms with Gasteiger partial charge in [0.25, 0.3) is 0 Å². The Morgan fingerprint density at radius 3 is 2.65 bits per heavy atom. The van der Waals surface area contributed by atoms with Crippen molar-refractivity contribution in [1.29, 1.82) is 0 Å². The number of rotatable bonds is 6. The normalized spacial score (nSPS) is 12.1. The Labute approximate surface area is 101 Å². The molecule has 0 radical (unpaired) electrons. The van der Waals surface area contributed by atoms with Gasteiger partial charge in [-0.15, -0.1) is 0 Å². The monoisotopic (exact) mass is 238 g/mol. The number of phenols is 1. The molecular weight excluding hydrogens is 220 g/mol. The molecule has 0 fully saturated rings. The maximum atomic E-state index is 10.9. The van der Waals surface area contributed by atoms with Crippen molar-refractivity contribution in [3.05, 3.63) is 23.8 Å². The molecule has 17 heavy (non-hydrogen) atoms. The molecule has 1 atom stereocenters. The van der Waals surface area contributed by atoms with Crippen LogP contribution in [0.4, 0.5) is 0 Å². The van der Waals surface area contributed by atoms with E-state index in [0.717, 1.165) is 6.42 Å². The van der Waals surface area contributed by atoms with Crippen LogP contribution in [0.15, 0.2) is 18.2 Å². The number of aliphatic carboxylic acids is 1. The molecule has 0 aromatic heterocycles. The molecule has 0 bridgehead atoms. The predicted octanol–water partition coefficient (Wildman–Crippen LogP) is 2.59. The number of carbonyl (C=O) groups is 1. The lowest BCUT2D eigenvalue weighted by Crippen LogP contribution is -2.26. The van der Waals surface area contributed by atoms with E-state index >= 15 is 0 Å². The Kier molecular flexibility index (Phi) is 4.82. The van der Waals surface area contributed by atoms with E-state index in [-0.39, 0.29) is 5.75 Å². The van der Waals surface area contributed by atoms with Gasteiger partial charge >= 0.3 is 5.97 Å². The van der Waals surface area contributed by atoms with Crippen LogP contribution in [0.5, 0.6) is 11.5 Å². The molecule has 0 saturated carbocycles. The van der Waals surface area contributed by atoms with Crippen LogP contribution in [0.1, 0.15) is 32.3 Å². The van der Waals surface area contributed by atoms with Gasteiger partial charge in [-0.05, 0) is 25.0 Å². The third kappa shape index (κ3) is 3.37. The molecule has 1 aromatic carbocycles. The molecule has 0 aliphatic rings. The molecule has 4 heteroatoms. The van der Waals surface area contributed by atoms with Crippen LogP contribution in [-0.4, -0.2) is 22.3 Å². The number of aromatic hydroxyl groups is 1. The van der Waals surface area contributed by atoms with E-state index in [4.69, 9.17) is 9.84 Å². The van der Waals surface area contributed by atoms with Gasteiger partial charge in [-0.1, -0.05) is 26.3 Å². The first kappa shape index (κ1) is 13.4. The Bertz CT molecular complexity index is 387. The van der Waals surface area contributed by atoms with E-state index in [0.29, 0.717) is 24.2 Å². The number of hydrogen-bond donors (Lipinski definition) is 2. The highest BCUT2D eigenvalue weighted by molar-refractivity contribution is 5.72. The van der Waals surface area contributed by atoms with Gasteiger partial charge in [0.1, 0.15) is 11.5 Å². The summed E-state index contributed by atoms with van der Waals surface area (Å²) < 4.78 is 5.43. The molecule has 0 aliphatic heterocycles. The third-order valence-corrected chi connectivity index (χ3v) is 2.52. The highest BCUT2D eigenvalue weighted by atomic mass is 16.5. The fourth-order valence-corrected chi connectivity index (χ4v) is 1.63. The fraction of sp³-hybridized carbons (Fsp3) is 0.462. The van der Waals surface area contributed by atoms with Crippen LogP contribution >= 0.6 is 0 Å². The van der Waals surface area contributed by atoms with Gasteiger partial charge in [0.05, 0.1) is 0 Å². The fourth-order valence-electron chi connectivity index (χ4n) is 1.63. The Morgan fingerprint density at radius 2 is 2.12 bits per heavy atom. The molecule has 2 N–H and O–H groups in total. The van der Waals surface area contributed by atoms with Crippen molar-refractivity contribution >= 4 is 5.97 Å². The van der Waals surface area contributed by atoms with E-state index in [1.807, 2.05) is 6.92 Å². The Morgan fingerprint density at radius 1 is 1.41 bits per heavy atom. The van der Waals surface area contributed by atoms with E-state index in [1.165, 1.54) is 0 Å². The standard InChI is InChI=1S/C13H18O4/c1-3-6-9-10(14)7-5-8-12(9)17-11(4-2)13(15)16/h5,7-8,11,14H,3-4,6H2,1-2H3,(H,15,16). The van der Waals surface area contributed by atoms with E-state index in [2.05, 4.69) is 0 Å². The van der Waals surface area contributed by atoms with Crippen molar-refractivity contribution in [2.45, 2.75) is 39.2 Å². The zero-order chi connectivity index (χ0) is 12.8. The molecule has 94 valence electrons. The van der Waals surface area contributed by atoms with Crippen LogP contribution in [-0.2, 0) is 11.2 Å². The molecule has 1 rings (SSSR count). The minimum absolute atomic E-state index is 0.157. The summed E-state index contributed by atoms with van der Waals surface area (Å²) in [6.45, 7) is 3.74. The number of carboxylic acid groups (broad SMARTS) is 1. The second-order valence-corrected chi connectivity index (χ2v) is 3.86. The second kappa shape index (κ2) is 6.13. The molecule has 0 saturated heterocycles. The summed E-state index contributed by atoms with van der Waals surface area (Å²) >= 11 is 0. The maximum Gasteiger partial charge on any atom is 0.344 e. The van der Waals surface area contributed by atoms with Crippen LogP contribution < -0.4 is 4.74 Å². The first-order chi connectivity index (χ1) is 8.10. The lowest BCUT2D eigenvalue weighted by Gasteiger charge is -2.16. The van der Waals surface area contributed by atoms with Gasteiger partial charge in [-0.25, -0.2) is 4.79 Å². The van der Waals surface area contributed by atoms with Gasteiger partial charge in [-0.3, -0.25) is 0 Å². The first-order valence-electron chi connectivity index (χ1n) is 5.80. The van der Waals surface area contributed by atoms with Crippen LogP contribution in [0.3, 0.4) is 0 Å². The van der Waals surface area contributed by atoms with Crippen LogP contribution in [0.25, 0.3) is 0 Å². The van der Waals surface area contributed by atoms with Gasteiger partial charge < -0.3 is 14.9 Å². The van der Waals surface area contributed by atoms with Crippen molar-refractivity contribution in [3.63, 3.8) is 0 Å². The summed E-state index contributed by atoms with van der Waals surface area (Å²) in [5.41, 5.74) is 0.676. The van der Waals surface area contributed by atoms with Crippen LogP contribution in [0, 0.1) is 0 Å². The maximum absolute atomic E-state index is 10.9. The van der Waals surface area contributed by atoms with Gasteiger partial charge in [0.15, 0.2) is 6.10 Å². The smallest absolute Gasteiger partial charge is 0.344 e. The average molecular weight is 238 g/mol. The molecule has 0 amide bonds. The molecule has 4 nitrogen and oxygen atoms in total. The summed E-state index contributed by atoms with van der Waals surface area (Å²) in [7, 11) is 0. The Hall–Kier alpha value is -1.71. The number of ether oxygens (including phenoxy) is 1. The highest BCUT2D eigenvalue weighted by Crippen LogP contribution is 2.29. The summed E-state index contributed by atoms with van der Waals surface area (Å²) in [5.74, 6) is -0.371. The first-order valence-corrected chi connectivity index (χ1v) is 5.80. The molecule has 1 aromatic rings. The lowest BCUT2D eigenvalue weighted by molar-refractivity contribution is -0.145. The number of hydrogen-bond acceptors (Lipinski definition) is 3. The minimum atomic E-state index is -0.988. The summed E-state index contributed by atoms with van der Waals surface area (Å²) in [4.78, 5) is 10.9. The third-order valence-electron chi connectivity index (χ3n) is 2.52.